The van der Waals surface area contributed by atoms with Crippen molar-refractivity contribution in [2.45, 2.75) is 26.0 Å². The number of piperazine rings is 1. The van der Waals surface area contributed by atoms with Crippen LogP contribution in [0.15, 0.2) is 18.2 Å². The van der Waals surface area contributed by atoms with Crippen LogP contribution in [0, 0.1) is 15.9 Å². The fourth-order valence-corrected chi connectivity index (χ4v) is 2.87. The molecule has 2 rings (SSSR count). The van der Waals surface area contributed by atoms with Crippen molar-refractivity contribution < 1.29 is 19.2 Å². The maximum absolute atomic E-state index is 13.4. The topological polar surface area (TPSA) is 86.9 Å². The summed E-state index contributed by atoms with van der Waals surface area (Å²) in [6, 6.07) is 2.71. The molecule has 1 heterocycles. The van der Waals surface area contributed by atoms with E-state index < -0.39 is 28.4 Å². The summed E-state index contributed by atoms with van der Waals surface area (Å²) in [6.07, 6.45) is -0.464. The monoisotopic (exact) mass is 325 g/mol. The van der Waals surface area contributed by atoms with Crippen molar-refractivity contribution in [2.24, 2.45) is 0 Å². The van der Waals surface area contributed by atoms with Crippen LogP contribution in [0.25, 0.3) is 0 Å². The Bertz CT molecular complexity index is 608. The summed E-state index contributed by atoms with van der Waals surface area (Å²) in [5.74, 6) is -1.22. The highest BCUT2D eigenvalue weighted by molar-refractivity contribution is 5.98. The van der Waals surface area contributed by atoms with E-state index in [1.54, 1.807) is 6.92 Å². The first-order chi connectivity index (χ1) is 10.8. The lowest BCUT2D eigenvalue weighted by Gasteiger charge is -2.40. The third-order valence-corrected chi connectivity index (χ3v) is 3.88. The lowest BCUT2D eigenvalue weighted by Crippen LogP contribution is -2.55. The van der Waals surface area contributed by atoms with Gasteiger partial charge in [-0.05, 0) is 26.0 Å². The molecule has 0 aromatic heterocycles. The van der Waals surface area contributed by atoms with Gasteiger partial charge in [-0.2, -0.15) is 0 Å². The van der Waals surface area contributed by atoms with Crippen molar-refractivity contribution in [3.8, 4) is 0 Å². The minimum Gasteiger partial charge on any atom is -0.392 e. The molecule has 7 nitrogen and oxygen atoms in total. The molecule has 0 bridgehead atoms. The molecule has 1 fully saturated rings. The number of nitrogens with zero attached hydrogens (tertiary/aromatic N) is 3. The van der Waals surface area contributed by atoms with Crippen molar-refractivity contribution in [3.63, 3.8) is 0 Å². The second kappa shape index (κ2) is 7.01. The molecule has 1 amide bonds. The molecular weight excluding hydrogens is 305 g/mol. The van der Waals surface area contributed by atoms with Gasteiger partial charge in [-0.25, -0.2) is 4.39 Å². The number of amides is 1. The Kier molecular flexibility index (Phi) is 5.27. The van der Waals surface area contributed by atoms with Crippen LogP contribution in [0.4, 0.5) is 10.1 Å². The molecule has 0 spiro atoms. The molecular formula is C15H20FN3O4. The first-order valence-electron chi connectivity index (χ1n) is 7.45. The Morgan fingerprint density at radius 3 is 2.78 bits per heavy atom. The van der Waals surface area contributed by atoms with E-state index in [9.17, 15) is 24.4 Å². The number of carbonyl (C=O) groups excluding carboxylic acids is 1. The molecule has 1 aliphatic heterocycles. The summed E-state index contributed by atoms with van der Waals surface area (Å²) in [4.78, 5) is 26.5. The number of halogens is 1. The summed E-state index contributed by atoms with van der Waals surface area (Å²) >= 11 is 0. The van der Waals surface area contributed by atoms with Gasteiger partial charge in [-0.3, -0.25) is 19.8 Å². The molecule has 0 aliphatic carbocycles. The van der Waals surface area contributed by atoms with E-state index in [1.807, 2.05) is 11.8 Å². The van der Waals surface area contributed by atoms with Gasteiger partial charge in [-0.1, -0.05) is 0 Å². The molecule has 0 unspecified atom stereocenters. The highest BCUT2D eigenvalue weighted by atomic mass is 19.1. The quantitative estimate of drug-likeness (QED) is 0.665. The van der Waals surface area contributed by atoms with E-state index in [1.165, 1.54) is 4.90 Å². The normalized spacial score (nSPS) is 20.3. The maximum Gasteiger partial charge on any atom is 0.282 e. The number of aliphatic hydroxyl groups excluding tert-OH is 1. The van der Waals surface area contributed by atoms with E-state index >= 15 is 0 Å². The van der Waals surface area contributed by atoms with Gasteiger partial charge in [0.25, 0.3) is 11.6 Å². The van der Waals surface area contributed by atoms with Crippen LogP contribution in [-0.2, 0) is 0 Å². The van der Waals surface area contributed by atoms with Gasteiger partial charge in [0.05, 0.1) is 11.0 Å². The molecule has 1 saturated heterocycles. The highest BCUT2D eigenvalue weighted by Crippen LogP contribution is 2.23. The number of nitro groups is 1. The van der Waals surface area contributed by atoms with E-state index in [-0.39, 0.29) is 11.6 Å². The number of nitro benzene ring substituents is 1. The van der Waals surface area contributed by atoms with Crippen LogP contribution in [0.5, 0.6) is 0 Å². The lowest BCUT2D eigenvalue weighted by atomic mass is 10.1. The van der Waals surface area contributed by atoms with Crippen LogP contribution in [-0.4, -0.2) is 64.1 Å². The highest BCUT2D eigenvalue weighted by Gasteiger charge is 2.32. The fraction of sp³-hybridized carbons (Fsp3) is 0.533. The average molecular weight is 325 g/mol. The zero-order valence-corrected chi connectivity index (χ0v) is 13.1. The third-order valence-electron chi connectivity index (χ3n) is 3.88. The summed E-state index contributed by atoms with van der Waals surface area (Å²) in [6.45, 7) is 5.52. The molecule has 126 valence electrons. The molecule has 2 atom stereocenters. The number of hydrogen-bond acceptors (Lipinski definition) is 5. The van der Waals surface area contributed by atoms with Crippen molar-refractivity contribution in [2.75, 3.05) is 26.2 Å². The van der Waals surface area contributed by atoms with Crippen LogP contribution >= 0.6 is 0 Å². The van der Waals surface area contributed by atoms with Crippen LogP contribution in [0.3, 0.4) is 0 Å². The molecule has 8 heteroatoms. The minimum absolute atomic E-state index is 0.183. The number of aliphatic hydroxyl groups is 1. The van der Waals surface area contributed by atoms with Gasteiger partial charge in [0, 0.05) is 38.3 Å². The molecule has 1 N–H and O–H groups in total. The lowest BCUT2D eigenvalue weighted by molar-refractivity contribution is -0.385. The average Bonchev–Trinajstić information content (AvgIpc) is 2.45. The molecule has 23 heavy (non-hydrogen) atoms. The largest absolute Gasteiger partial charge is 0.392 e. The smallest absolute Gasteiger partial charge is 0.282 e. The predicted octanol–water partition coefficient (Wildman–Crippen LogP) is 1.26. The summed E-state index contributed by atoms with van der Waals surface area (Å²) in [7, 11) is 0. The standard InChI is InChI=1S/C15H20FN3O4/c1-10-8-17(9-11(2)20)5-6-18(10)15(21)13-7-12(16)3-4-14(13)19(22)23/h3-4,7,10-11,20H,5-6,8-9H2,1-2H3/t10-,11-/m0/s1. The van der Waals surface area contributed by atoms with Crippen LogP contribution in [0.1, 0.15) is 24.2 Å². The van der Waals surface area contributed by atoms with E-state index in [4.69, 9.17) is 0 Å². The molecule has 1 aromatic carbocycles. The Labute approximate surface area is 133 Å². The Balaban J connectivity index is 2.18. The van der Waals surface area contributed by atoms with E-state index in [2.05, 4.69) is 0 Å². The predicted molar refractivity (Wildman–Crippen MR) is 81.7 cm³/mol. The number of carbonyl (C=O) groups is 1. The summed E-state index contributed by atoms with van der Waals surface area (Å²) in [5, 5.41) is 20.5. The Hall–Kier alpha value is -2.06. The van der Waals surface area contributed by atoms with E-state index in [0.717, 1.165) is 18.2 Å². The Morgan fingerprint density at radius 1 is 1.52 bits per heavy atom. The molecule has 1 aliphatic rings. The third kappa shape index (κ3) is 4.02. The second-order valence-electron chi connectivity index (χ2n) is 5.87. The fourth-order valence-electron chi connectivity index (χ4n) is 2.87. The second-order valence-corrected chi connectivity index (χ2v) is 5.87. The molecule has 0 saturated carbocycles. The van der Waals surface area contributed by atoms with Crippen molar-refractivity contribution >= 4 is 11.6 Å². The molecule has 1 aromatic rings. The SMILES string of the molecule is C[C@H](O)CN1CCN(C(=O)c2cc(F)ccc2[N+](=O)[O-])[C@@H](C)C1. The van der Waals surface area contributed by atoms with E-state index in [0.29, 0.717) is 26.2 Å². The van der Waals surface area contributed by atoms with Gasteiger partial charge < -0.3 is 10.0 Å². The van der Waals surface area contributed by atoms with Crippen molar-refractivity contribution in [3.05, 3.63) is 39.7 Å². The van der Waals surface area contributed by atoms with Crippen LogP contribution in [0.2, 0.25) is 0 Å². The summed E-state index contributed by atoms with van der Waals surface area (Å²) < 4.78 is 13.4. The zero-order valence-electron chi connectivity index (χ0n) is 13.1. The first kappa shape index (κ1) is 17.3. The van der Waals surface area contributed by atoms with Crippen molar-refractivity contribution in [1.82, 2.24) is 9.80 Å². The van der Waals surface area contributed by atoms with Gasteiger partial charge in [0.15, 0.2) is 0 Å². The van der Waals surface area contributed by atoms with Gasteiger partial charge in [-0.15, -0.1) is 0 Å². The number of rotatable bonds is 4. The first-order valence-corrected chi connectivity index (χ1v) is 7.45. The minimum atomic E-state index is -0.681. The Morgan fingerprint density at radius 2 is 2.22 bits per heavy atom. The maximum atomic E-state index is 13.4. The summed E-state index contributed by atoms with van der Waals surface area (Å²) in [5.41, 5.74) is -0.624. The van der Waals surface area contributed by atoms with Crippen molar-refractivity contribution in [1.29, 1.82) is 0 Å². The van der Waals surface area contributed by atoms with Gasteiger partial charge in [0.1, 0.15) is 11.4 Å². The number of benzene rings is 1. The molecule has 0 radical (unpaired) electrons. The van der Waals surface area contributed by atoms with Gasteiger partial charge >= 0.3 is 0 Å². The van der Waals surface area contributed by atoms with Gasteiger partial charge in [0.2, 0.25) is 0 Å². The number of hydrogen-bond donors (Lipinski definition) is 1. The van der Waals surface area contributed by atoms with Crippen LogP contribution < -0.4 is 0 Å². The number of β-amino-alcohol motifs (C(OH)–C–C–N with tert-alkyl or cyclic N) is 1. The zero-order chi connectivity index (χ0) is 17.1.